The van der Waals surface area contributed by atoms with E-state index < -0.39 is 0 Å². The average Bonchev–Trinajstić information content (AvgIpc) is 2.72. The van der Waals surface area contributed by atoms with Gasteiger partial charge in [-0.3, -0.25) is 4.68 Å². The molecule has 0 aliphatic carbocycles. The first-order valence-corrected chi connectivity index (χ1v) is 5.91. The summed E-state index contributed by atoms with van der Waals surface area (Å²) in [6, 6.07) is 2.44. The molecule has 0 radical (unpaired) electrons. The molecule has 2 heterocycles. The summed E-state index contributed by atoms with van der Waals surface area (Å²) in [6.07, 6.45) is 3.79. The van der Waals surface area contributed by atoms with Crippen molar-refractivity contribution in [1.82, 2.24) is 19.7 Å². The largest absolute Gasteiger partial charge is 0.352 e. The van der Waals surface area contributed by atoms with Crippen LogP contribution in [0.4, 0.5) is 5.82 Å². The second-order valence-electron chi connectivity index (χ2n) is 4.40. The van der Waals surface area contributed by atoms with Crippen molar-refractivity contribution in [3.63, 3.8) is 0 Å². The summed E-state index contributed by atoms with van der Waals surface area (Å²) in [7, 11) is 1.86. The van der Waals surface area contributed by atoms with Gasteiger partial charge in [0.2, 0.25) is 0 Å². The lowest BCUT2D eigenvalue weighted by molar-refractivity contribution is 0.679. The van der Waals surface area contributed by atoms with Crippen LogP contribution in [0.5, 0.6) is 0 Å². The van der Waals surface area contributed by atoms with Crippen LogP contribution in [0.1, 0.15) is 20.3 Å². The molecule has 0 atom stereocenters. The third-order valence-electron chi connectivity index (χ3n) is 2.87. The SMILES string of the molecule is CC(C)N(CCC#N)c1ncnc2c1cnn2C. The Bertz CT molecular complexity index is 580. The van der Waals surface area contributed by atoms with Gasteiger partial charge in [-0.2, -0.15) is 10.4 Å². The van der Waals surface area contributed by atoms with Gasteiger partial charge in [-0.15, -0.1) is 0 Å². The van der Waals surface area contributed by atoms with Crippen LogP contribution >= 0.6 is 0 Å². The number of rotatable bonds is 4. The van der Waals surface area contributed by atoms with E-state index in [1.54, 1.807) is 17.2 Å². The molecule has 0 saturated heterocycles. The van der Waals surface area contributed by atoms with Gasteiger partial charge in [0.1, 0.15) is 12.1 Å². The van der Waals surface area contributed by atoms with Crippen LogP contribution in [0.2, 0.25) is 0 Å². The van der Waals surface area contributed by atoms with Crippen LogP contribution in [0.15, 0.2) is 12.5 Å². The first-order valence-electron chi connectivity index (χ1n) is 5.91. The standard InChI is InChI=1S/C12H16N6/c1-9(2)18(6-4-5-13)12-10-7-16-17(3)11(10)14-8-15-12/h7-9H,4,6H2,1-3H3. The van der Waals surface area contributed by atoms with Gasteiger partial charge in [0.05, 0.1) is 24.1 Å². The molecule has 2 aromatic heterocycles. The van der Waals surface area contributed by atoms with Crippen LogP contribution in [0.3, 0.4) is 0 Å². The highest BCUT2D eigenvalue weighted by Gasteiger charge is 2.16. The van der Waals surface area contributed by atoms with Crippen molar-refractivity contribution in [2.75, 3.05) is 11.4 Å². The molecule has 0 amide bonds. The minimum absolute atomic E-state index is 0.275. The van der Waals surface area contributed by atoms with E-state index in [2.05, 4.69) is 39.9 Å². The van der Waals surface area contributed by atoms with Crippen molar-refractivity contribution in [3.05, 3.63) is 12.5 Å². The number of anilines is 1. The minimum Gasteiger partial charge on any atom is -0.352 e. The summed E-state index contributed by atoms with van der Waals surface area (Å²) in [5.74, 6) is 0.846. The van der Waals surface area contributed by atoms with Gasteiger partial charge >= 0.3 is 0 Å². The van der Waals surface area contributed by atoms with Gasteiger partial charge < -0.3 is 4.90 Å². The van der Waals surface area contributed by atoms with Gasteiger partial charge in [-0.1, -0.05) is 0 Å². The number of nitrogens with zero attached hydrogens (tertiary/aromatic N) is 6. The summed E-state index contributed by atoms with van der Waals surface area (Å²) in [6.45, 7) is 4.83. The minimum atomic E-state index is 0.275. The summed E-state index contributed by atoms with van der Waals surface area (Å²) >= 11 is 0. The molecule has 0 saturated carbocycles. The van der Waals surface area contributed by atoms with Crippen LogP contribution in [0.25, 0.3) is 11.0 Å². The third-order valence-corrected chi connectivity index (χ3v) is 2.87. The molecule has 0 spiro atoms. The van der Waals surface area contributed by atoms with Crippen molar-refractivity contribution < 1.29 is 0 Å². The van der Waals surface area contributed by atoms with E-state index in [9.17, 15) is 0 Å². The number of nitriles is 1. The Hall–Kier alpha value is -2.16. The van der Waals surface area contributed by atoms with E-state index in [1.165, 1.54) is 0 Å². The molecule has 6 nitrogen and oxygen atoms in total. The molecular weight excluding hydrogens is 228 g/mol. The van der Waals surface area contributed by atoms with Crippen LogP contribution in [-0.2, 0) is 7.05 Å². The number of fused-ring (bicyclic) bond motifs is 1. The lowest BCUT2D eigenvalue weighted by Gasteiger charge is -2.27. The highest BCUT2D eigenvalue weighted by molar-refractivity contribution is 5.86. The zero-order valence-corrected chi connectivity index (χ0v) is 10.8. The first kappa shape index (κ1) is 12.3. The Morgan fingerprint density at radius 2 is 2.22 bits per heavy atom. The summed E-state index contributed by atoms with van der Waals surface area (Å²) < 4.78 is 1.73. The fraction of sp³-hybridized carbons (Fsp3) is 0.500. The maximum absolute atomic E-state index is 8.74. The second kappa shape index (κ2) is 5.00. The Labute approximate surface area is 106 Å². The molecule has 0 bridgehead atoms. The highest BCUT2D eigenvalue weighted by Crippen LogP contribution is 2.23. The zero-order valence-electron chi connectivity index (χ0n) is 10.8. The van der Waals surface area contributed by atoms with Gasteiger partial charge in [0, 0.05) is 19.6 Å². The predicted octanol–water partition coefficient (Wildman–Crippen LogP) is 1.49. The first-order chi connectivity index (χ1) is 8.65. The van der Waals surface area contributed by atoms with Crippen LogP contribution < -0.4 is 4.90 Å². The van der Waals surface area contributed by atoms with Crippen molar-refractivity contribution in [2.45, 2.75) is 26.3 Å². The maximum Gasteiger partial charge on any atom is 0.163 e. The lowest BCUT2D eigenvalue weighted by atomic mass is 10.2. The second-order valence-corrected chi connectivity index (χ2v) is 4.40. The van der Waals surface area contributed by atoms with E-state index in [0.717, 1.165) is 16.9 Å². The van der Waals surface area contributed by atoms with Gasteiger partial charge in [0.25, 0.3) is 0 Å². The summed E-state index contributed by atoms with van der Waals surface area (Å²) in [5, 5.41) is 13.9. The maximum atomic E-state index is 8.74. The molecule has 0 aliphatic heterocycles. The molecule has 0 aromatic carbocycles. The Kier molecular flexibility index (Phi) is 3.42. The zero-order chi connectivity index (χ0) is 13.1. The lowest BCUT2D eigenvalue weighted by Crippen LogP contribution is -2.32. The van der Waals surface area contributed by atoms with E-state index in [-0.39, 0.29) is 6.04 Å². The third kappa shape index (κ3) is 2.12. The van der Waals surface area contributed by atoms with Crippen molar-refractivity contribution in [2.24, 2.45) is 7.05 Å². The fourth-order valence-electron chi connectivity index (χ4n) is 1.96. The topological polar surface area (TPSA) is 70.6 Å². The number of hydrogen-bond acceptors (Lipinski definition) is 5. The molecule has 0 N–H and O–H groups in total. The Morgan fingerprint density at radius 3 is 2.89 bits per heavy atom. The van der Waals surface area contributed by atoms with Crippen LogP contribution in [0, 0.1) is 11.3 Å². The smallest absolute Gasteiger partial charge is 0.163 e. The molecule has 0 unspecified atom stereocenters. The number of aromatic nitrogens is 4. The summed E-state index contributed by atoms with van der Waals surface area (Å²) in [5.41, 5.74) is 0.808. The molecule has 6 heteroatoms. The molecule has 2 rings (SSSR count). The van der Waals surface area contributed by atoms with E-state index in [1.807, 2.05) is 7.05 Å². The molecule has 18 heavy (non-hydrogen) atoms. The molecular formula is C12H16N6. The molecule has 0 fully saturated rings. The van der Waals surface area contributed by atoms with E-state index in [4.69, 9.17) is 5.26 Å². The Balaban J connectivity index is 2.47. The Morgan fingerprint density at radius 1 is 1.44 bits per heavy atom. The predicted molar refractivity (Wildman–Crippen MR) is 69.0 cm³/mol. The van der Waals surface area contributed by atoms with Gasteiger partial charge in [0.15, 0.2) is 5.65 Å². The molecule has 94 valence electrons. The van der Waals surface area contributed by atoms with Crippen LogP contribution in [-0.4, -0.2) is 32.3 Å². The number of aryl methyl sites for hydroxylation is 1. The van der Waals surface area contributed by atoms with E-state index >= 15 is 0 Å². The summed E-state index contributed by atoms with van der Waals surface area (Å²) in [4.78, 5) is 10.7. The highest BCUT2D eigenvalue weighted by atomic mass is 15.3. The normalized spacial score (nSPS) is 10.8. The molecule has 2 aromatic rings. The van der Waals surface area contributed by atoms with Gasteiger partial charge in [-0.25, -0.2) is 9.97 Å². The van der Waals surface area contributed by atoms with Crippen molar-refractivity contribution in [1.29, 1.82) is 5.26 Å². The number of hydrogen-bond donors (Lipinski definition) is 0. The van der Waals surface area contributed by atoms with Crippen molar-refractivity contribution in [3.8, 4) is 6.07 Å². The van der Waals surface area contributed by atoms with Gasteiger partial charge in [-0.05, 0) is 13.8 Å². The van der Waals surface area contributed by atoms with E-state index in [0.29, 0.717) is 13.0 Å². The average molecular weight is 244 g/mol. The fourth-order valence-corrected chi connectivity index (χ4v) is 1.96. The molecule has 0 aliphatic rings. The van der Waals surface area contributed by atoms with Crippen molar-refractivity contribution >= 4 is 16.9 Å². The monoisotopic (exact) mass is 244 g/mol. The quantitative estimate of drug-likeness (QED) is 0.815.